The third-order valence-electron chi connectivity index (χ3n) is 11.8. The Balaban J connectivity index is 1.10. The van der Waals surface area contributed by atoms with Crippen LogP contribution in [0.1, 0.15) is 46.5 Å². The Bertz CT molecular complexity index is 1730. The standard InChI is InChI=1S/C33H40N2O8S2/c1-19-14-24-23-6-4-20-15-21(36)8-9-31(20,2)29(23)26(37)17-32(24,3)33(19,39)28(38)18-44-30-34-25-16-22(5-7-27(25)43-30)45(40,41)35-10-12-42-13-11-35/h5,7-9,15-16,19,23-24,26,29,37,39H,4,6,10-14,17-18H2,1-3H3/t19-,23?,24?,26?,29?,31?,32?,33+/m1/s1. The number of rotatable bonds is 6. The first-order chi connectivity index (χ1) is 21.3. The Morgan fingerprint density at radius 2 is 1.98 bits per heavy atom. The van der Waals surface area contributed by atoms with Crippen molar-refractivity contribution >= 4 is 44.5 Å². The number of oxazole rings is 1. The molecule has 6 unspecified atom stereocenters. The smallest absolute Gasteiger partial charge is 0.257 e. The zero-order valence-electron chi connectivity index (χ0n) is 25.8. The third-order valence-corrected chi connectivity index (χ3v) is 14.5. The summed E-state index contributed by atoms with van der Waals surface area (Å²) in [4.78, 5) is 30.7. The first-order valence-corrected chi connectivity index (χ1v) is 18.2. The van der Waals surface area contributed by atoms with Crippen molar-refractivity contribution in [3.63, 3.8) is 0 Å². The molecule has 0 spiro atoms. The van der Waals surface area contributed by atoms with E-state index < -0.39 is 32.6 Å². The van der Waals surface area contributed by atoms with E-state index in [2.05, 4.69) is 11.9 Å². The van der Waals surface area contributed by atoms with Crippen molar-refractivity contribution in [2.45, 2.75) is 68.3 Å². The van der Waals surface area contributed by atoms with Crippen LogP contribution in [-0.2, 0) is 24.3 Å². The van der Waals surface area contributed by atoms with E-state index in [9.17, 15) is 28.2 Å². The molecular formula is C33H40N2O8S2. The molecule has 7 rings (SSSR count). The molecule has 2 N–H and O–H groups in total. The Morgan fingerprint density at radius 1 is 1.22 bits per heavy atom. The molecule has 4 fully saturated rings. The molecule has 10 nitrogen and oxygen atoms in total. The molecule has 4 aliphatic carbocycles. The summed E-state index contributed by atoms with van der Waals surface area (Å²) in [5.74, 6) is -0.656. The quantitative estimate of drug-likeness (QED) is 0.441. The number of thioether (sulfide) groups is 1. The van der Waals surface area contributed by atoms with E-state index in [1.54, 1.807) is 18.2 Å². The summed E-state index contributed by atoms with van der Waals surface area (Å²) in [7, 11) is -3.70. The normalized spacial score (nSPS) is 38.5. The van der Waals surface area contributed by atoms with Crippen LogP contribution < -0.4 is 0 Å². The lowest BCUT2D eigenvalue weighted by Gasteiger charge is -2.59. The van der Waals surface area contributed by atoms with Gasteiger partial charge in [0.1, 0.15) is 11.1 Å². The van der Waals surface area contributed by atoms with E-state index in [1.807, 2.05) is 19.9 Å². The summed E-state index contributed by atoms with van der Waals surface area (Å²) >= 11 is 1.08. The topological polar surface area (TPSA) is 147 Å². The van der Waals surface area contributed by atoms with E-state index in [1.165, 1.54) is 16.4 Å². The number of morpholine rings is 1. The maximum atomic E-state index is 14.0. The second-order valence-electron chi connectivity index (χ2n) is 14.0. The summed E-state index contributed by atoms with van der Waals surface area (Å²) in [5, 5.41) is 24.2. The molecule has 3 saturated carbocycles. The molecule has 1 aliphatic heterocycles. The van der Waals surface area contributed by atoms with Crippen LogP contribution in [0, 0.1) is 34.5 Å². The number of ketones is 2. The highest BCUT2D eigenvalue weighted by Crippen LogP contribution is 2.68. The Labute approximate surface area is 267 Å². The average Bonchev–Trinajstić information content (AvgIpc) is 3.52. The Kier molecular flexibility index (Phi) is 7.54. The van der Waals surface area contributed by atoms with Crippen LogP contribution in [0.5, 0.6) is 0 Å². The fraction of sp³-hybridized carbons (Fsp3) is 0.606. The van der Waals surface area contributed by atoms with Gasteiger partial charge in [0.25, 0.3) is 5.22 Å². The van der Waals surface area contributed by atoms with Crippen molar-refractivity contribution in [3.05, 3.63) is 42.0 Å². The molecule has 45 heavy (non-hydrogen) atoms. The molecule has 2 aromatic rings. The number of carbonyl (C=O) groups is 2. The molecule has 1 saturated heterocycles. The lowest BCUT2D eigenvalue weighted by atomic mass is 9.46. The van der Waals surface area contributed by atoms with E-state index in [4.69, 9.17) is 9.15 Å². The molecule has 0 radical (unpaired) electrons. The van der Waals surface area contributed by atoms with Crippen molar-refractivity contribution in [1.29, 1.82) is 0 Å². The largest absolute Gasteiger partial charge is 0.431 e. The molecule has 242 valence electrons. The van der Waals surface area contributed by atoms with Crippen LogP contribution in [0.15, 0.2) is 56.5 Å². The highest BCUT2D eigenvalue weighted by Gasteiger charge is 2.70. The van der Waals surface area contributed by atoms with Crippen LogP contribution in [0.3, 0.4) is 0 Å². The van der Waals surface area contributed by atoms with Gasteiger partial charge in [-0.25, -0.2) is 13.4 Å². The monoisotopic (exact) mass is 656 g/mol. The molecule has 0 amide bonds. The molecule has 1 aromatic carbocycles. The van der Waals surface area contributed by atoms with Crippen LogP contribution >= 0.6 is 11.8 Å². The summed E-state index contributed by atoms with van der Waals surface area (Å²) in [5.41, 5.74) is -1.03. The van der Waals surface area contributed by atoms with Crippen LogP contribution in [0.4, 0.5) is 0 Å². The molecule has 2 heterocycles. The number of ether oxygens (including phenoxy) is 1. The number of fused-ring (bicyclic) bond motifs is 6. The summed E-state index contributed by atoms with van der Waals surface area (Å²) in [6.45, 7) is 7.28. The lowest BCUT2D eigenvalue weighted by molar-refractivity contribution is -0.179. The van der Waals surface area contributed by atoms with Gasteiger partial charge in [0.2, 0.25) is 10.0 Å². The zero-order valence-corrected chi connectivity index (χ0v) is 27.4. The van der Waals surface area contributed by atoms with Crippen LogP contribution in [-0.4, -0.2) is 83.2 Å². The number of aliphatic hydroxyl groups excluding tert-OH is 1. The molecule has 12 heteroatoms. The number of allylic oxidation sites excluding steroid dienone is 4. The molecule has 5 aliphatic rings. The van der Waals surface area contributed by atoms with Gasteiger partial charge >= 0.3 is 0 Å². The maximum absolute atomic E-state index is 14.0. The van der Waals surface area contributed by atoms with E-state index >= 15 is 0 Å². The minimum atomic E-state index is -3.70. The number of nitrogens with zero attached hydrogens (tertiary/aromatic N) is 2. The van der Waals surface area contributed by atoms with Crippen molar-refractivity contribution < 1.29 is 37.4 Å². The third kappa shape index (κ3) is 4.65. The van der Waals surface area contributed by atoms with Crippen molar-refractivity contribution in [3.8, 4) is 0 Å². The Morgan fingerprint density at radius 3 is 2.73 bits per heavy atom. The fourth-order valence-electron chi connectivity index (χ4n) is 9.53. The van der Waals surface area contributed by atoms with Gasteiger partial charge in [-0.1, -0.05) is 44.2 Å². The van der Waals surface area contributed by atoms with E-state index in [0.29, 0.717) is 37.2 Å². The van der Waals surface area contributed by atoms with Crippen molar-refractivity contribution in [2.24, 2.45) is 34.5 Å². The number of hydrogen-bond acceptors (Lipinski definition) is 10. The zero-order chi connectivity index (χ0) is 31.9. The predicted octanol–water partition coefficient (Wildman–Crippen LogP) is 3.77. The van der Waals surface area contributed by atoms with Gasteiger partial charge in [-0.2, -0.15) is 4.31 Å². The van der Waals surface area contributed by atoms with Gasteiger partial charge in [0.15, 0.2) is 17.1 Å². The second-order valence-corrected chi connectivity index (χ2v) is 16.8. The summed E-state index contributed by atoms with van der Waals surface area (Å²) in [6.07, 6.45) is 7.10. The number of aliphatic hydroxyl groups is 2. The van der Waals surface area contributed by atoms with Crippen molar-refractivity contribution in [2.75, 3.05) is 32.1 Å². The minimum Gasteiger partial charge on any atom is -0.431 e. The first kappa shape index (κ1) is 31.3. The van der Waals surface area contributed by atoms with Crippen LogP contribution in [0.2, 0.25) is 0 Å². The molecule has 8 atom stereocenters. The number of hydrogen-bond donors (Lipinski definition) is 2. The van der Waals surface area contributed by atoms with Gasteiger partial charge in [0, 0.05) is 29.8 Å². The number of aromatic nitrogens is 1. The highest BCUT2D eigenvalue weighted by atomic mass is 32.2. The van der Waals surface area contributed by atoms with Gasteiger partial charge in [-0.05, 0) is 73.8 Å². The Hall–Kier alpha value is -2.35. The number of Topliss-reactive ketones (excluding diaryl/α,β-unsaturated/α-hetero) is 1. The predicted molar refractivity (Wildman–Crippen MR) is 167 cm³/mol. The van der Waals surface area contributed by atoms with Gasteiger partial charge in [-0.3, -0.25) is 9.59 Å². The highest BCUT2D eigenvalue weighted by molar-refractivity contribution is 7.99. The average molecular weight is 657 g/mol. The number of sulfonamides is 1. The van der Waals surface area contributed by atoms with Gasteiger partial charge < -0.3 is 19.4 Å². The molecule has 1 aromatic heterocycles. The SMILES string of the molecule is C[C@@H]1CC2C3CCC4=CC(=O)C=CC4(C)C3C(O)CC2(C)[C@@]1(O)C(=O)CSc1nc2cc(S(=O)(=O)N3CCOCC3)ccc2o1. The van der Waals surface area contributed by atoms with E-state index in [-0.39, 0.29) is 64.2 Å². The minimum absolute atomic E-state index is 0.0135. The van der Waals surface area contributed by atoms with Crippen molar-refractivity contribution in [1.82, 2.24) is 9.29 Å². The lowest BCUT2D eigenvalue weighted by Crippen LogP contribution is -2.62. The van der Waals surface area contributed by atoms with Crippen LogP contribution in [0.25, 0.3) is 11.1 Å². The first-order valence-electron chi connectivity index (χ1n) is 15.8. The molecular weight excluding hydrogens is 617 g/mol. The summed E-state index contributed by atoms with van der Waals surface area (Å²) in [6, 6.07) is 4.55. The molecule has 0 bridgehead atoms. The van der Waals surface area contributed by atoms with Gasteiger partial charge in [0.05, 0.1) is 30.0 Å². The second kappa shape index (κ2) is 10.8. The van der Waals surface area contributed by atoms with E-state index in [0.717, 1.165) is 30.2 Å². The number of benzene rings is 1. The van der Waals surface area contributed by atoms with Gasteiger partial charge in [-0.15, -0.1) is 0 Å². The fourth-order valence-corrected chi connectivity index (χ4v) is 11.7. The number of carbonyl (C=O) groups excluding carboxylic acids is 2. The summed E-state index contributed by atoms with van der Waals surface area (Å²) < 4.78 is 38.8. The maximum Gasteiger partial charge on any atom is 0.257 e.